The van der Waals surface area contributed by atoms with Crippen LogP contribution in [0.1, 0.15) is 27.3 Å². The number of amides is 1. The molecule has 168 valence electrons. The molecule has 1 N–H and O–H groups in total. The van der Waals surface area contributed by atoms with Crippen LogP contribution in [0.2, 0.25) is 0 Å². The Labute approximate surface area is 190 Å². The lowest BCUT2D eigenvalue weighted by Gasteiger charge is -2.38. The van der Waals surface area contributed by atoms with Gasteiger partial charge in [-0.05, 0) is 47.3 Å². The van der Waals surface area contributed by atoms with Gasteiger partial charge in [0, 0.05) is 17.3 Å². The molecule has 9 heteroatoms. The first-order valence-electron chi connectivity index (χ1n) is 10.1. The van der Waals surface area contributed by atoms with E-state index in [-0.39, 0.29) is 11.7 Å². The van der Waals surface area contributed by atoms with Crippen molar-refractivity contribution in [2.45, 2.75) is 18.3 Å². The van der Waals surface area contributed by atoms with Crippen molar-refractivity contribution >= 4 is 27.3 Å². The number of pyridine rings is 1. The Kier molecular flexibility index (Phi) is 5.20. The van der Waals surface area contributed by atoms with Crippen LogP contribution in [0.15, 0.2) is 72.9 Å². The molecule has 1 amide bonds. The van der Waals surface area contributed by atoms with Crippen molar-refractivity contribution in [3.05, 3.63) is 89.1 Å². The summed E-state index contributed by atoms with van der Waals surface area (Å²) in [6.45, 7) is 0.298. The van der Waals surface area contributed by atoms with Gasteiger partial charge in [-0.15, -0.1) is 24.5 Å². The molecule has 4 aromatic rings. The lowest BCUT2D eigenvalue weighted by Crippen LogP contribution is -2.50. The number of fused-ring (bicyclic) bond motifs is 2. The number of carbonyl (C=O) groups excluding carboxylic acids is 1. The quantitative estimate of drug-likeness (QED) is 0.419. The first-order chi connectivity index (χ1) is 15.8. The van der Waals surface area contributed by atoms with E-state index in [0.29, 0.717) is 34.9 Å². The van der Waals surface area contributed by atoms with Gasteiger partial charge in [0.2, 0.25) is 0 Å². The molecule has 5 nitrogen and oxygen atoms in total. The molecule has 1 aliphatic rings. The molecule has 33 heavy (non-hydrogen) atoms. The van der Waals surface area contributed by atoms with Crippen molar-refractivity contribution in [3.63, 3.8) is 0 Å². The van der Waals surface area contributed by atoms with Crippen molar-refractivity contribution in [3.8, 4) is 11.5 Å². The normalized spacial score (nSPS) is 17.8. The van der Waals surface area contributed by atoms with Crippen molar-refractivity contribution in [2.24, 2.45) is 0 Å². The number of halogens is 3. The van der Waals surface area contributed by atoms with Gasteiger partial charge >= 0.3 is 6.36 Å². The first-order valence-corrected chi connectivity index (χ1v) is 10.9. The molecule has 1 atom stereocenters. The number of hydrogen-bond donors (Lipinski definition) is 1. The number of ether oxygens (including phenoxy) is 2. The van der Waals surface area contributed by atoms with Crippen LogP contribution in [-0.4, -0.2) is 23.9 Å². The maximum atomic E-state index is 13.4. The van der Waals surface area contributed by atoms with Crippen LogP contribution in [-0.2, 0) is 5.54 Å². The maximum Gasteiger partial charge on any atom is 0.573 e. The molecule has 0 saturated heterocycles. The third kappa shape index (κ3) is 4.11. The predicted octanol–water partition coefficient (Wildman–Crippen LogP) is 5.65. The lowest BCUT2D eigenvalue weighted by molar-refractivity contribution is -0.274. The number of rotatable bonds is 4. The highest BCUT2D eigenvalue weighted by Crippen LogP contribution is 2.41. The molecule has 3 heterocycles. The standard InChI is InChI=1S/C24H17F3N2O3S/c25-24(26,27)32-17-9-7-16(8-10-17)23(11-13-31-18-5-3-12-28-21(18)23)29-22(30)20-14-15-4-1-2-6-19(15)33-20/h1-10,12,14H,11,13H2,(H,29,30)/t23-/m0/s1. The summed E-state index contributed by atoms with van der Waals surface area (Å²) in [6, 6.07) is 18.5. The molecule has 5 rings (SSSR count). The molecule has 1 aliphatic heterocycles. The predicted molar refractivity (Wildman–Crippen MR) is 118 cm³/mol. The molecule has 0 unspecified atom stereocenters. The van der Waals surface area contributed by atoms with Gasteiger partial charge < -0.3 is 14.8 Å². The van der Waals surface area contributed by atoms with Gasteiger partial charge in [-0.1, -0.05) is 30.3 Å². The summed E-state index contributed by atoms with van der Waals surface area (Å²) in [5, 5.41) is 4.07. The van der Waals surface area contributed by atoms with E-state index in [0.717, 1.165) is 10.1 Å². The molecule has 0 aliphatic carbocycles. The average Bonchev–Trinajstić information content (AvgIpc) is 3.23. The fraction of sp³-hybridized carbons (Fsp3) is 0.167. The van der Waals surface area contributed by atoms with Crippen molar-refractivity contribution in [1.82, 2.24) is 10.3 Å². The average molecular weight is 470 g/mol. The van der Waals surface area contributed by atoms with E-state index in [2.05, 4.69) is 15.0 Å². The summed E-state index contributed by atoms with van der Waals surface area (Å²) in [4.78, 5) is 18.4. The van der Waals surface area contributed by atoms with E-state index in [1.807, 2.05) is 30.3 Å². The van der Waals surface area contributed by atoms with Crippen LogP contribution in [0, 0.1) is 0 Å². The summed E-state index contributed by atoms with van der Waals surface area (Å²) in [5.41, 5.74) is -0.0104. The fourth-order valence-corrected chi connectivity index (χ4v) is 4.98. The van der Waals surface area contributed by atoms with Gasteiger partial charge in [0.1, 0.15) is 22.7 Å². The second-order valence-electron chi connectivity index (χ2n) is 7.53. The van der Waals surface area contributed by atoms with Crippen molar-refractivity contribution in [2.75, 3.05) is 6.61 Å². The highest BCUT2D eigenvalue weighted by molar-refractivity contribution is 7.20. The number of alkyl halides is 3. The van der Waals surface area contributed by atoms with E-state index in [1.165, 1.54) is 35.6 Å². The Morgan fingerprint density at radius 2 is 1.88 bits per heavy atom. The summed E-state index contributed by atoms with van der Waals surface area (Å²) in [5.74, 6) is -0.133. The molecule has 2 aromatic heterocycles. The van der Waals surface area contributed by atoms with Crippen molar-refractivity contribution < 1.29 is 27.4 Å². The molecule has 0 bridgehead atoms. The van der Waals surface area contributed by atoms with Crippen LogP contribution in [0.5, 0.6) is 11.5 Å². The molecular formula is C24H17F3N2O3S. The number of nitrogens with zero attached hydrogens (tertiary/aromatic N) is 1. The topological polar surface area (TPSA) is 60.5 Å². The minimum Gasteiger partial charge on any atom is -0.491 e. The van der Waals surface area contributed by atoms with Gasteiger partial charge in [-0.2, -0.15) is 0 Å². The van der Waals surface area contributed by atoms with E-state index in [1.54, 1.807) is 18.3 Å². The molecule has 0 fully saturated rings. The summed E-state index contributed by atoms with van der Waals surface area (Å²) >= 11 is 1.37. The van der Waals surface area contributed by atoms with Gasteiger partial charge in [0.25, 0.3) is 5.91 Å². The summed E-state index contributed by atoms with van der Waals surface area (Å²) in [6.07, 6.45) is -2.84. The van der Waals surface area contributed by atoms with Gasteiger partial charge in [0.05, 0.1) is 11.5 Å². The number of benzene rings is 2. The Hall–Kier alpha value is -3.59. The second-order valence-corrected chi connectivity index (χ2v) is 8.61. The largest absolute Gasteiger partial charge is 0.573 e. The van der Waals surface area contributed by atoms with Crippen molar-refractivity contribution in [1.29, 1.82) is 0 Å². The Balaban J connectivity index is 1.56. The maximum absolute atomic E-state index is 13.4. The lowest BCUT2D eigenvalue weighted by atomic mass is 9.81. The molecule has 0 saturated carbocycles. The van der Waals surface area contributed by atoms with Gasteiger partial charge in [0.15, 0.2) is 0 Å². The summed E-state index contributed by atoms with van der Waals surface area (Å²) in [7, 11) is 0. The highest BCUT2D eigenvalue weighted by Gasteiger charge is 2.43. The number of aromatic nitrogens is 1. The zero-order valence-corrected chi connectivity index (χ0v) is 17.9. The Morgan fingerprint density at radius 1 is 1.09 bits per heavy atom. The monoisotopic (exact) mass is 470 g/mol. The highest BCUT2D eigenvalue weighted by atomic mass is 32.1. The SMILES string of the molecule is O=C(N[C@]1(c2ccc(OC(F)(F)F)cc2)CCOc2cccnc21)c1cc2ccccc2s1. The molecular weight excluding hydrogens is 453 g/mol. The van der Waals surface area contributed by atoms with Gasteiger partial charge in [-0.3, -0.25) is 9.78 Å². The Bertz CT molecular complexity index is 1290. The van der Waals surface area contributed by atoms with Crippen LogP contribution in [0.4, 0.5) is 13.2 Å². The molecule has 0 spiro atoms. The minimum atomic E-state index is -4.79. The summed E-state index contributed by atoms with van der Waals surface area (Å²) < 4.78 is 48.6. The van der Waals surface area contributed by atoms with E-state index >= 15 is 0 Å². The van der Waals surface area contributed by atoms with Crippen LogP contribution < -0.4 is 14.8 Å². The zero-order valence-electron chi connectivity index (χ0n) is 17.1. The molecule has 2 aromatic carbocycles. The second kappa shape index (κ2) is 8.08. The minimum absolute atomic E-state index is 0.298. The zero-order chi connectivity index (χ0) is 23.1. The van der Waals surface area contributed by atoms with E-state index in [9.17, 15) is 18.0 Å². The van der Waals surface area contributed by atoms with E-state index < -0.39 is 11.9 Å². The van der Waals surface area contributed by atoms with E-state index in [4.69, 9.17) is 4.74 Å². The fourth-order valence-electron chi connectivity index (χ4n) is 4.03. The molecule has 0 radical (unpaired) electrons. The van der Waals surface area contributed by atoms with Gasteiger partial charge in [-0.25, -0.2) is 0 Å². The first kappa shape index (κ1) is 21.3. The smallest absolute Gasteiger partial charge is 0.491 e. The third-order valence-electron chi connectivity index (χ3n) is 5.47. The number of thiophene rings is 1. The van der Waals surface area contributed by atoms with Crippen LogP contribution in [0.3, 0.4) is 0 Å². The number of hydrogen-bond acceptors (Lipinski definition) is 5. The Morgan fingerprint density at radius 3 is 2.64 bits per heavy atom. The third-order valence-corrected chi connectivity index (χ3v) is 6.58. The number of carbonyl (C=O) groups is 1. The van der Waals surface area contributed by atoms with Crippen LogP contribution in [0.25, 0.3) is 10.1 Å². The van der Waals surface area contributed by atoms with Crippen LogP contribution >= 0.6 is 11.3 Å². The number of nitrogens with one attached hydrogen (secondary N) is 1.